The van der Waals surface area contributed by atoms with E-state index in [1.807, 2.05) is 0 Å². The van der Waals surface area contributed by atoms with Crippen LogP contribution in [0.1, 0.15) is 26.3 Å². The van der Waals surface area contributed by atoms with Gasteiger partial charge in [0.1, 0.15) is 0 Å². The summed E-state index contributed by atoms with van der Waals surface area (Å²) < 4.78 is 1.45. The first-order valence-electron chi connectivity index (χ1n) is 4.36. The summed E-state index contributed by atoms with van der Waals surface area (Å²) in [4.78, 5) is 22.6. The molecule has 0 aliphatic heterocycles. The van der Waals surface area contributed by atoms with E-state index in [0.717, 1.165) is 0 Å². The maximum absolute atomic E-state index is 11.3. The molecule has 1 aromatic heterocycles. The fourth-order valence-electron chi connectivity index (χ4n) is 1.21. The van der Waals surface area contributed by atoms with Crippen molar-refractivity contribution < 1.29 is 4.79 Å². The van der Waals surface area contributed by atoms with Gasteiger partial charge in [-0.15, -0.1) is 0 Å². The Labute approximate surface area is 77.0 Å². The fraction of sp³-hybridized carbons (Fsp3) is 0.400. The SMILES string of the molecule is CCC(=O)C(C)n1ccccc1=O. The van der Waals surface area contributed by atoms with Gasteiger partial charge in [-0.2, -0.15) is 0 Å². The monoisotopic (exact) mass is 179 g/mol. The molecule has 1 unspecified atom stereocenters. The van der Waals surface area contributed by atoms with Gasteiger partial charge in [-0.3, -0.25) is 9.59 Å². The number of hydrogen-bond donors (Lipinski definition) is 0. The van der Waals surface area contributed by atoms with E-state index < -0.39 is 0 Å². The van der Waals surface area contributed by atoms with Crippen molar-refractivity contribution in [2.24, 2.45) is 0 Å². The van der Waals surface area contributed by atoms with Crippen molar-refractivity contribution >= 4 is 5.78 Å². The second kappa shape index (κ2) is 4.03. The van der Waals surface area contributed by atoms with Crippen molar-refractivity contribution in [3.05, 3.63) is 34.7 Å². The summed E-state index contributed by atoms with van der Waals surface area (Å²) in [7, 11) is 0. The predicted molar refractivity (Wildman–Crippen MR) is 50.7 cm³/mol. The van der Waals surface area contributed by atoms with Gasteiger partial charge in [-0.25, -0.2) is 0 Å². The first-order valence-corrected chi connectivity index (χ1v) is 4.36. The summed E-state index contributed by atoms with van der Waals surface area (Å²) in [6, 6.07) is 4.53. The van der Waals surface area contributed by atoms with Gasteiger partial charge in [-0.05, 0) is 13.0 Å². The molecule has 0 aliphatic carbocycles. The van der Waals surface area contributed by atoms with Crippen LogP contribution < -0.4 is 5.56 Å². The van der Waals surface area contributed by atoms with Crippen LogP contribution in [0, 0.1) is 0 Å². The minimum atomic E-state index is -0.348. The zero-order valence-electron chi connectivity index (χ0n) is 7.86. The number of nitrogens with zero attached hydrogens (tertiary/aromatic N) is 1. The quantitative estimate of drug-likeness (QED) is 0.703. The van der Waals surface area contributed by atoms with E-state index in [4.69, 9.17) is 0 Å². The third kappa shape index (κ3) is 2.05. The highest BCUT2D eigenvalue weighted by Crippen LogP contribution is 2.04. The standard InChI is InChI=1S/C10H13NO2/c1-3-9(12)8(2)11-7-5-4-6-10(11)13/h4-8H,3H2,1-2H3. The van der Waals surface area contributed by atoms with Crippen LogP contribution in [0.5, 0.6) is 0 Å². The lowest BCUT2D eigenvalue weighted by Crippen LogP contribution is -2.26. The maximum atomic E-state index is 11.3. The highest BCUT2D eigenvalue weighted by molar-refractivity contribution is 5.81. The first-order chi connectivity index (χ1) is 6.16. The Kier molecular flexibility index (Phi) is 3.01. The largest absolute Gasteiger partial charge is 0.305 e. The van der Waals surface area contributed by atoms with Gasteiger partial charge in [0.05, 0.1) is 6.04 Å². The molecule has 1 heterocycles. The van der Waals surface area contributed by atoms with Crippen LogP contribution in [0.2, 0.25) is 0 Å². The van der Waals surface area contributed by atoms with Gasteiger partial charge < -0.3 is 4.57 Å². The van der Waals surface area contributed by atoms with Gasteiger partial charge in [0.25, 0.3) is 5.56 Å². The molecule has 70 valence electrons. The first kappa shape index (κ1) is 9.71. The Bertz CT molecular complexity index is 354. The molecule has 0 fully saturated rings. The highest BCUT2D eigenvalue weighted by atomic mass is 16.1. The van der Waals surface area contributed by atoms with Crippen LogP contribution >= 0.6 is 0 Å². The number of rotatable bonds is 3. The van der Waals surface area contributed by atoms with E-state index in [2.05, 4.69) is 0 Å². The summed E-state index contributed by atoms with van der Waals surface area (Å²) in [5.41, 5.74) is -0.128. The predicted octanol–water partition coefficient (Wildman–Crippen LogP) is 1.39. The Morgan fingerprint density at radius 1 is 1.54 bits per heavy atom. The minimum Gasteiger partial charge on any atom is -0.305 e. The molecular formula is C10H13NO2. The molecule has 3 heteroatoms. The van der Waals surface area contributed by atoms with E-state index in [1.165, 1.54) is 10.6 Å². The highest BCUT2D eigenvalue weighted by Gasteiger charge is 2.12. The van der Waals surface area contributed by atoms with Gasteiger partial charge in [-0.1, -0.05) is 13.0 Å². The number of hydrogen-bond acceptors (Lipinski definition) is 2. The topological polar surface area (TPSA) is 39.1 Å². The number of Topliss-reactive ketones (excluding diaryl/α,β-unsaturated/α-hetero) is 1. The summed E-state index contributed by atoms with van der Waals surface area (Å²) in [5, 5.41) is 0. The molecule has 0 aliphatic rings. The summed E-state index contributed by atoms with van der Waals surface area (Å²) in [6.45, 7) is 3.54. The molecule has 0 bridgehead atoms. The van der Waals surface area contributed by atoms with Crippen LogP contribution in [0.3, 0.4) is 0 Å². The molecule has 0 saturated heterocycles. The Hall–Kier alpha value is -1.38. The van der Waals surface area contributed by atoms with Gasteiger partial charge in [0.2, 0.25) is 0 Å². The second-order valence-corrected chi connectivity index (χ2v) is 2.94. The lowest BCUT2D eigenvalue weighted by Gasteiger charge is -2.11. The number of ketones is 1. The Morgan fingerprint density at radius 2 is 2.23 bits per heavy atom. The smallest absolute Gasteiger partial charge is 0.251 e. The molecule has 0 spiro atoms. The number of carbonyl (C=O) groups is 1. The Morgan fingerprint density at radius 3 is 2.77 bits per heavy atom. The molecule has 1 atom stereocenters. The average Bonchev–Trinajstić information content (AvgIpc) is 2.16. The molecule has 0 saturated carbocycles. The molecule has 1 aromatic rings. The lowest BCUT2D eigenvalue weighted by molar-refractivity contribution is -0.121. The molecule has 1 rings (SSSR count). The fourth-order valence-corrected chi connectivity index (χ4v) is 1.21. The van der Waals surface area contributed by atoms with Crippen LogP contribution in [0.25, 0.3) is 0 Å². The third-order valence-corrected chi connectivity index (χ3v) is 2.08. The number of aromatic nitrogens is 1. The lowest BCUT2D eigenvalue weighted by atomic mass is 10.1. The van der Waals surface area contributed by atoms with Crippen LogP contribution in [-0.4, -0.2) is 10.4 Å². The van der Waals surface area contributed by atoms with Crippen molar-refractivity contribution in [2.75, 3.05) is 0 Å². The van der Waals surface area contributed by atoms with E-state index in [9.17, 15) is 9.59 Å². The van der Waals surface area contributed by atoms with Crippen molar-refractivity contribution in [1.29, 1.82) is 0 Å². The van der Waals surface area contributed by atoms with E-state index in [1.54, 1.807) is 32.2 Å². The van der Waals surface area contributed by atoms with Crippen LogP contribution in [0.15, 0.2) is 29.2 Å². The number of carbonyl (C=O) groups excluding carboxylic acids is 1. The molecular weight excluding hydrogens is 166 g/mol. The Balaban J connectivity index is 3.02. The van der Waals surface area contributed by atoms with Gasteiger partial charge in [0.15, 0.2) is 5.78 Å². The summed E-state index contributed by atoms with van der Waals surface area (Å²) in [6.07, 6.45) is 2.10. The van der Waals surface area contributed by atoms with Gasteiger partial charge in [0, 0.05) is 18.7 Å². The zero-order valence-corrected chi connectivity index (χ0v) is 7.86. The third-order valence-electron chi connectivity index (χ3n) is 2.08. The van der Waals surface area contributed by atoms with E-state index >= 15 is 0 Å². The van der Waals surface area contributed by atoms with Crippen molar-refractivity contribution in [2.45, 2.75) is 26.3 Å². The minimum absolute atomic E-state index is 0.0771. The van der Waals surface area contributed by atoms with E-state index in [-0.39, 0.29) is 17.4 Å². The molecule has 0 amide bonds. The molecule has 3 nitrogen and oxygen atoms in total. The van der Waals surface area contributed by atoms with Crippen molar-refractivity contribution in [3.63, 3.8) is 0 Å². The molecule has 0 N–H and O–H groups in total. The van der Waals surface area contributed by atoms with Gasteiger partial charge >= 0.3 is 0 Å². The average molecular weight is 179 g/mol. The summed E-state index contributed by atoms with van der Waals surface area (Å²) >= 11 is 0. The van der Waals surface area contributed by atoms with E-state index in [0.29, 0.717) is 6.42 Å². The zero-order chi connectivity index (χ0) is 9.84. The van der Waals surface area contributed by atoms with Crippen LogP contribution in [0.4, 0.5) is 0 Å². The maximum Gasteiger partial charge on any atom is 0.251 e. The van der Waals surface area contributed by atoms with Crippen LogP contribution in [-0.2, 0) is 4.79 Å². The van der Waals surface area contributed by atoms with Crippen molar-refractivity contribution in [3.8, 4) is 0 Å². The van der Waals surface area contributed by atoms with Crippen molar-refractivity contribution in [1.82, 2.24) is 4.57 Å². The summed E-state index contributed by atoms with van der Waals surface area (Å²) in [5.74, 6) is 0.0771. The molecule has 13 heavy (non-hydrogen) atoms. The number of pyridine rings is 1. The molecule has 0 aromatic carbocycles. The normalized spacial score (nSPS) is 12.5. The second-order valence-electron chi connectivity index (χ2n) is 2.94. The molecule has 0 radical (unpaired) electrons.